The van der Waals surface area contributed by atoms with Crippen molar-refractivity contribution in [1.29, 1.82) is 0 Å². The molecule has 0 radical (unpaired) electrons. The van der Waals surface area contributed by atoms with Crippen molar-refractivity contribution in [2.75, 3.05) is 26.3 Å². The molecular weight excluding hydrogens is 268 g/mol. The highest BCUT2D eigenvalue weighted by molar-refractivity contribution is 5.89. The average molecular weight is 288 g/mol. The van der Waals surface area contributed by atoms with Crippen molar-refractivity contribution >= 4 is 11.9 Å². The Balaban J connectivity index is 0. The predicted octanol–water partition coefficient (Wildman–Crippen LogP) is -5.15. The molecule has 114 valence electrons. The summed E-state index contributed by atoms with van der Waals surface area (Å²) in [6, 6.07) is 4.61. The molecule has 1 aromatic carbocycles. The van der Waals surface area contributed by atoms with Crippen LogP contribution in [-0.2, 0) is 0 Å². The highest BCUT2D eigenvalue weighted by atomic mass is 16.4. The van der Waals surface area contributed by atoms with Gasteiger partial charge in [-0.05, 0) is 11.1 Å². The number of carboxylic acids is 2. The molecule has 0 aromatic heterocycles. The number of carbonyl (C=O) groups is 2. The Labute approximate surface area is 116 Å². The fraction of sp³-hybridized carbons (Fsp3) is 0.333. The Morgan fingerprint density at radius 2 is 1.05 bits per heavy atom. The van der Waals surface area contributed by atoms with Crippen molar-refractivity contribution in [2.45, 2.75) is 0 Å². The second-order valence-electron chi connectivity index (χ2n) is 3.31. The maximum Gasteiger partial charge on any atom is 0.0974 e. The first-order valence-corrected chi connectivity index (χ1v) is 5.77. The molecule has 0 fully saturated rings. The Kier molecular flexibility index (Phi) is 13.6. The van der Waals surface area contributed by atoms with Crippen molar-refractivity contribution in [3.05, 3.63) is 35.4 Å². The molecular formula is C12H20N2O6. The third-order valence-electron chi connectivity index (χ3n) is 1.67. The molecule has 0 aliphatic carbocycles. The van der Waals surface area contributed by atoms with Gasteiger partial charge in [-0.3, -0.25) is 0 Å². The summed E-state index contributed by atoms with van der Waals surface area (Å²) in [7, 11) is 0. The normalized spacial score (nSPS) is 8.60. The third kappa shape index (κ3) is 11.1. The molecule has 0 aliphatic rings. The van der Waals surface area contributed by atoms with Gasteiger partial charge in [-0.2, -0.15) is 0 Å². The van der Waals surface area contributed by atoms with Crippen LogP contribution < -0.4 is 21.7 Å². The number of hydrogen-bond acceptors (Lipinski definition) is 6. The molecule has 20 heavy (non-hydrogen) atoms. The van der Waals surface area contributed by atoms with E-state index in [1.165, 1.54) is 0 Å². The van der Waals surface area contributed by atoms with Gasteiger partial charge in [-0.1, -0.05) is 24.3 Å². The van der Waals surface area contributed by atoms with E-state index in [2.05, 4.69) is 11.5 Å². The van der Waals surface area contributed by atoms with E-state index in [0.29, 0.717) is 13.1 Å². The van der Waals surface area contributed by atoms with E-state index < -0.39 is 11.9 Å². The molecule has 0 unspecified atom stereocenters. The van der Waals surface area contributed by atoms with Gasteiger partial charge < -0.3 is 41.5 Å². The quantitative estimate of drug-likeness (QED) is 0.430. The van der Waals surface area contributed by atoms with Crippen molar-refractivity contribution < 1.29 is 41.5 Å². The number of aliphatic hydroxyl groups excluding tert-OH is 2. The number of aliphatic hydroxyl groups is 2. The Bertz CT molecular complexity index is 339. The van der Waals surface area contributed by atoms with Crippen LogP contribution >= 0.6 is 0 Å². The number of aromatic carboxylic acids is 2. The monoisotopic (exact) mass is 288 g/mol. The fourth-order valence-corrected chi connectivity index (χ4v) is 0.742. The first kappa shape index (κ1) is 20.3. The molecule has 8 N–H and O–H groups in total. The van der Waals surface area contributed by atoms with Gasteiger partial charge in [0.2, 0.25) is 0 Å². The molecule has 0 amide bonds. The van der Waals surface area contributed by atoms with E-state index in [-0.39, 0.29) is 24.3 Å². The van der Waals surface area contributed by atoms with Gasteiger partial charge in [0.05, 0.1) is 38.2 Å². The number of hydrogen-bond donors (Lipinski definition) is 4. The van der Waals surface area contributed by atoms with Gasteiger partial charge >= 0.3 is 0 Å². The molecule has 0 saturated heterocycles. The van der Waals surface area contributed by atoms with Gasteiger partial charge in [-0.15, -0.1) is 0 Å². The van der Waals surface area contributed by atoms with E-state index >= 15 is 0 Å². The van der Waals surface area contributed by atoms with Gasteiger partial charge in [0.15, 0.2) is 0 Å². The van der Waals surface area contributed by atoms with Crippen LogP contribution in [-0.4, -0.2) is 48.5 Å². The summed E-state index contributed by atoms with van der Waals surface area (Å²) in [6.07, 6.45) is 0. The highest BCUT2D eigenvalue weighted by Gasteiger charge is 1.94. The van der Waals surface area contributed by atoms with Crippen LogP contribution in [0.4, 0.5) is 0 Å². The van der Waals surface area contributed by atoms with Gasteiger partial charge in [0.25, 0.3) is 0 Å². The lowest BCUT2D eigenvalue weighted by Crippen LogP contribution is -2.51. The SMILES string of the molecule is O=C([O-])c1ccc(C(=O)[O-])cc1.[NH3+]CCO.[NH3+]CCO. The van der Waals surface area contributed by atoms with E-state index in [1.54, 1.807) is 0 Å². The predicted molar refractivity (Wildman–Crippen MR) is 64.8 cm³/mol. The molecule has 1 aromatic rings. The van der Waals surface area contributed by atoms with Gasteiger partial charge in [0, 0.05) is 0 Å². The summed E-state index contributed by atoms with van der Waals surface area (Å²) < 4.78 is 0. The Morgan fingerprint density at radius 1 is 0.850 bits per heavy atom. The van der Waals surface area contributed by atoms with E-state index in [9.17, 15) is 19.8 Å². The van der Waals surface area contributed by atoms with Crippen LogP contribution in [0.1, 0.15) is 20.7 Å². The van der Waals surface area contributed by atoms with Crippen LogP contribution in [0.15, 0.2) is 24.3 Å². The molecule has 0 saturated carbocycles. The van der Waals surface area contributed by atoms with Crippen molar-refractivity contribution in [1.82, 2.24) is 0 Å². The first-order chi connectivity index (χ1) is 9.44. The standard InChI is InChI=1S/C8H6O4.2C2H7NO/c9-7(10)5-1-2-6(4-3-5)8(11)12;2*3-1-2-4/h1-4H,(H,9,10)(H,11,12);2*4H,1-3H2. The van der Waals surface area contributed by atoms with Crippen LogP contribution in [0.25, 0.3) is 0 Å². The number of carbonyl (C=O) groups excluding carboxylic acids is 2. The van der Waals surface area contributed by atoms with Gasteiger partial charge in [0.1, 0.15) is 0 Å². The summed E-state index contributed by atoms with van der Waals surface area (Å²) in [5.41, 5.74) is 6.60. The molecule has 8 nitrogen and oxygen atoms in total. The number of rotatable bonds is 4. The number of carboxylic acid groups (broad SMARTS) is 2. The summed E-state index contributed by atoms with van der Waals surface area (Å²) in [6.45, 7) is 1.67. The van der Waals surface area contributed by atoms with E-state index in [1.807, 2.05) is 0 Å². The summed E-state index contributed by atoms with van der Waals surface area (Å²) in [4.78, 5) is 20.4. The summed E-state index contributed by atoms with van der Waals surface area (Å²) >= 11 is 0. The second kappa shape index (κ2) is 13.4. The molecule has 0 atom stereocenters. The largest absolute Gasteiger partial charge is 0.545 e. The second-order valence-corrected chi connectivity index (χ2v) is 3.31. The Hall–Kier alpha value is -2.00. The fourth-order valence-electron chi connectivity index (χ4n) is 0.742. The first-order valence-electron chi connectivity index (χ1n) is 5.77. The minimum absolute atomic E-state index is 0.0556. The maximum atomic E-state index is 10.2. The lowest BCUT2D eigenvalue weighted by Gasteiger charge is -2.04. The van der Waals surface area contributed by atoms with Crippen LogP contribution in [0, 0.1) is 0 Å². The number of quaternary nitrogens is 2. The average Bonchev–Trinajstić information content (AvgIpc) is 2.47. The van der Waals surface area contributed by atoms with E-state index in [0.717, 1.165) is 24.3 Å². The van der Waals surface area contributed by atoms with Crippen molar-refractivity contribution in [3.8, 4) is 0 Å². The summed E-state index contributed by atoms with van der Waals surface area (Å²) in [5.74, 6) is -2.67. The zero-order valence-electron chi connectivity index (χ0n) is 11.1. The Morgan fingerprint density at radius 3 is 1.15 bits per heavy atom. The van der Waals surface area contributed by atoms with Crippen LogP contribution in [0.5, 0.6) is 0 Å². The highest BCUT2D eigenvalue weighted by Crippen LogP contribution is 2.01. The smallest absolute Gasteiger partial charge is 0.0974 e. The minimum atomic E-state index is -1.33. The number of benzene rings is 1. The van der Waals surface area contributed by atoms with Crippen molar-refractivity contribution in [3.63, 3.8) is 0 Å². The summed E-state index contributed by atoms with van der Waals surface area (Å²) in [5, 5.41) is 36.0. The third-order valence-corrected chi connectivity index (χ3v) is 1.67. The lowest BCUT2D eigenvalue weighted by molar-refractivity contribution is -0.372. The van der Waals surface area contributed by atoms with Gasteiger partial charge in [-0.25, -0.2) is 0 Å². The molecule has 0 spiro atoms. The maximum absolute atomic E-state index is 10.2. The minimum Gasteiger partial charge on any atom is -0.545 e. The topological polar surface area (TPSA) is 176 Å². The molecule has 8 heteroatoms. The lowest BCUT2D eigenvalue weighted by atomic mass is 10.1. The zero-order chi connectivity index (χ0) is 16.0. The van der Waals surface area contributed by atoms with Crippen molar-refractivity contribution in [2.24, 2.45) is 0 Å². The molecule has 1 rings (SSSR count). The van der Waals surface area contributed by atoms with E-state index in [4.69, 9.17) is 10.2 Å². The van der Waals surface area contributed by atoms with Crippen LogP contribution in [0.3, 0.4) is 0 Å². The molecule has 0 bridgehead atoms. The zero-order valence-corrected chi connectivity index (χ0v) is 11.1. The molecule has 0 heterocycles. The molecule has 0 aliphatic heterocycles. The van der Waals surface area contributed by atoms with Crippen LogP contribution in [0.2, 0.25) is 0 Å².